The third-order valence-electron chi connectivity index (χ3n) is 8.11. The Balaban J connectivity index is 1.96. The molecule has 2 heterocycles. The monoisotopic (exact) mass is 557 g/mol. The molecule has 3 rings (SSSR count). The zero-order chi connectivity index (χ0) is 28.5. The summed E-state index contributed by atoms with van der Waals surface area (Å²) >= 11 is 0. The molecular weight excluding hydrogens is 510 g/mol. The van der Waals surface area contributed by atoms with Crippen molar-refractivity contribution in [1.29, 1.82) is 0 Å². The van der Waals surface area contributed by atoms with Crippen molar-refractivity contribution < 1.29 is 18.5 Å². The van der Waals surface area contributed by atoms with Gasteiger partial charge in [-0.25, -0.2) is 0 Å². The predicted octanol–water partition coefficient (Wildman–Crippen LogP) is 5.37. The number of hydrogen-bond donors (Lipinski definition) is 1. The second-order valence-corrected chi connectivity index (χ2v) is 15.6. The molecular formula is C31H47N3O4S. The number of nitrogens with zero attached hydrogens (tertiary/aromatic N) is 2. The van der Waals surface area contributed by atoms with Gasteiger partial charge in [-0.2, -0.15) is 0 Å². The second-order valence-electron chi connectivity index (χ2n) is 11.0. The highest BCUT2D eigenvalue weighted by molar-refractivity contribution is 8.21. The van der Waals surface area contributed by atoms with E-state index >= 15 is 0 Å². The highest BCUT2D eigenvalue weighted by atomic mass is 32.3. The number of carbonyl (C=O) groups excluding carboxylic acids is 2. The number of amides is 2. The molecule has 1 N–H and O–H groups in total. The van der Waals surface area contributed by atoms with Gasteiger partial charge in [-0.05, 0) is 65.8 Å². The van der Waals surface area contributed by atoms with E-state index < -0.39 is 20.6 Å². The molecule has 0 bridgehead atoms. The van der Waals surface area contributed by atoms with Gasteiger partial charge in [0.25, 0.3) is 5.91 Å². The quantitative estimate of drug-likeness (QED) is 0.276. The number of ether oxygens (including phenoxy) is 1. The molecule has 1 unspecified atom stereocenters. The van der Waals surface area contributed by atoms with Crippen LogP contribution in [-0.2, 0) is 18.6 Å². The lowest BCUT2D eigenvalue weighted by Crippen LogP contribution is -2.67. The Morgan fingerprint density at radius 3 is 2.26 bits per heavy atom. The number of pyridine rings is 1. The molecule has 1 saturated carbocycles. The van der Waals surface area contributed by atoms with E-state index in [1.54, 1.807) is 24.5 Å². The Hall–Kier alpha value is -2.58. The Bertz CT molecular complexity index is 1130. The van der Waals surface area contributed by atoms with Crippen molar-refractivity contribution in [1.82, 2.24) is 15.2 Å². The van der Waals surface area contributed by atoms with Crippen molar-refractivity contribution >= 4 is 20.9 Å². The van der Waals surface area contributed by atoms with Gasteiger partial charge in [-0.3, -0.25) is 18.8 Å². The summed E-state index contributed by atoms with van der Waals surface area (Å²) in [6.45, 7) is 13.0. The Morgan fingerprint density at radius 1 is 1.13 bits per heavy atom. The van der Waals surface area contributed by atoms with Gasteiger partial charge in [0, 0.05) is 35.5 Å². The fourth-order valence-corrected chi connectivity index (χ4v) is 10.0. The lowest BCUT2D eigenvalue weighted by atomic mass is 10.0. The summed E-state index contributed by atoms with van der Waals surface area (Å²) in [7, 11) is -3.35. The van der Waals surface area contributed by atoms with E-state index in [1.165, 1.54) is 0 Å². The molecule has 2 amide bonds. The van der Waals surface area contributed by atoms with Crippen molar-refractivity contribution in [3.63, 3.8) is 0 Å². The largest absolute Gasteiger partial charge is 0.358 e. The van der Waals surface area contributed by atoms with Crippen LogP contribution in [0.15, 0.2) is 61.0 Å². The minimum atomic E-state index is -3.35. The maximum Gasteiger partial charge on any atom is 0.252 e. The number of rotatable bonds is 16. The number of allylic oxidation sites excluding steroid dienone is 3. The number of nitrogens with one attached hydrogen (secondary N) is 1. The molecule has 0 spiro atoms. The summed E-state index contributed by atoms with van der Waals surface area (Å²) < 4.78 is 20.6. The molecule has 1 atom stereocenters. The Morgan fingerprint density at radius 2 is 1.77 bits per heavy atom. The zero-order valence-electron chi connectivity index (χ0n) is 24.2. The minimum Gasteiger partial charge on any atom is -0.358 e. The van der Waals surface area contributed by atoms with Crippen LogP contribution in [-0.4, -0.2) is 66.9 Å². The highest BCUT2D eigenvalue weighted by Gasteiger charge is 2.56. The van der Waals surface area contributed by atoms with Crippen LogP contribution >= 0.6 is 0 Å². The van der Waals surface area contributed by atoms with Crippen molar-refractivity contribution in [3.8, 4) is 0 Å². The number of aromatic nitrogens is 1. The summed E-state index contributed by atoms with van der Waals surface area (Å²) in [5.74, 6) is -0.152. The van der Waals surface area contributed by atoms with Crippen LogP contribution < -0.4 is 5.32 Å². The van der Waals surface area contributed by atoms with Gasteiger partial charge in [0.05, 0.1) is 5.54 Å². The smallest absolute Gasteiger partial charge is 0.252 e. The molecule has 1 aromatic heterocycles. The summed E-state index contributed by atoms with van der Waals surface area (Å²) in [6, 6.07) is 2.31. The van der Waals surface area contributed by atoms with Crippen LogP contribution in [0.5, 0.6) is 0 Å². The predicted molar refractivity (Wildman–Crippen MR) is 160 cm³/mol. The molecule has 2 fully saturated rings. The van der Waals surface area contributed by atoms with E-state index in [9.17, 15) is 13.8 Å². The first-order valence-electron chi connectivity index (χ1n) is 14.4. The Labute approximate surface area is 234 Å². The maximum atomic E-state index is 15.0. The molecule has 39 heavy (non-hydrogen) atoms. The molecule has 0 radical (unpaired) electrons. The van der Waals surface area contributed by atoms with E-state index in [0.717, 1.165) is 50.5 Å². The van der Waals surface area contributed by atoms with E-state index in [0.29, 0.717) is 12.1 Å². The topological polar surface area (TPSA) is 88.6 Å². The highest BCUT2D eigenvalue weighted by Crippen LogP contribution is 2.49. The van der Waals surface area contributed by atoms with Gasteiger partial charge in [0.15, 0.2) is 0 Å². The molecule has 1 aliphatic heterocycles. The van der Waals surface area contributed by atoms with E-state index in [-0.39, 0.29) is 34.7 Å². The van der Waals surface area contributed by atoms with Gasteiger partial charge >= 0.3 is 0 Å². The van der Waals surface area contributed by atoms with E-state index in [1.807, 2.05) is 30.1 Å². The summed E-state index contributed by atoms with van der Waals surface area (Å²) in [5, 5.41) is 2.95. The van der Waals surface area contributed by atoms with Crippen molar-refractivity contribution in [2.24, 2.45) is 0 Å². The first-order valence-corrected chi connectivity index (χ1v) is 17.0. The molecule has 8 heteroatoms. The average Bonchev–Trinajstić information content (AvgIpc) is 3.72. The normalized spacial score (nSPS) is 20.6. The number of hydrogen-bond acceptors (Lipinski definition) is 5. The lowest BCUT2D eigenvalue weighted by molar-refractivity contribution is -0.134. The molecule has 2 aliphatic rings. The van der Waals surface area contributed by atoms with Crippen molar-refractivity contribution in [3.05, 3.63) is 66.5 Å². The number of likely N-dealkylation sites (N-methyl/N-ethyl adjacent to an activating group) is 1. The first-order chi connectivity index (χ1) is 18.7. The third-order valence-corrected chi connectivity index (χ3v) is 12.9. The van der Waals surface area contributed by atoms with Crippen LogP contribution in [0, 0.1) is 0 Å². The molecule has 216 valence electrons. The van der Waals surface area contributed by atoms with Crippen LogP contribution in [0.3, 0.4) is 0 Å². The van der Waals surface area contributed by atoms with Crippen LogP contribution in [0.4, 0.5) is 0 Å². The second kappa shape index (κ2) is 13.2. The summed E-state index contributed by atoms with van der Waals surface area (Å²) in [4.78, 5) is 33.5. The first kappa shape index (κ1) is 31.0. The van der Waals surface area contributed by atoms with Crippen LogP contribution in [0.1, 0.15) is 83.0 Å². The maximum absolute atomic E-state index is 15.0. The van der Waals surface area contributed by atoms with Gasteiger partial charge < -0.3 is 15.0 Å². The summed E-state index contributed by atoms with van der Waals surface area (Å²) in [6.07, 6.45) is 17.1. The minimum absolute atomic E-state index is 0.0351. The molecule has 1 aliphatic carbocycles. The molecule has 1 saturated heterocycles. The van der Waals surface area contributed by atoms with Gasteiger partial charge in [0.2, 0.25) is 5.91 Å². The van der Waals surface area contributed by atoms with Gasteiger partial charge in [-0.15, -0.1) is 0 Å². The number of carbonyl (C=O) groups is 2. The zero-order valence-corrected chi connectivity index (χ0v) is 25.0. The van der Waals surface area contributed by atoms with Crippen LogP contribution in [0.25, 0.3) is 0 Å². The fraction of sp³-hybridized carbons (Fsp3) is 0.581. The standard InChI is InChI=1S/C31H47N3O4S/c1-6-10-11-12-15-25(5)31(18-19-31)34(9-4)30(36)28(33-29(35)26-16-20-32-21-17-26)22-39(37,23-38-24-39)27(13-7-2)14-8-3/h10-12,15-17,20-21,27-28H,5-9,13-14,18-19,22-24H2,1-4H3,(H,33,35)/b11-10+,15-12-. The van der Waals surface area contributed by atoms with Crippen molar-refractivity contribution in [2.75, 3.05) is 24.2 Å². The Kier molecular flexibility index (Phi) is 10.5. The third kappa shape index (κ3) is 6.77. The van der Waals surface area contributed by atoms with E-state index in [2.05, 4.69) is 43.7 Å². The lowest BCUT2D eigenvalue weighted by Gasteiger charge is -2.55. The van der Waals surface area contributed by atoms with Crippen molar-refractivity contribution in [2.45, 2.75) is 89.5 Å². The summed E-state index contributed by atoms with van der Waals surface area (Å²) in [5.41, 5.74) is 0.810. The van der Waals surface area contributed by atoms with Gasteiger partial charge in [0.1, 0.15) is 17.9 Å². The van der Waals surface area contributed by atoms with E-state index in [4.69, 9.17) is 4.74 Å². The van der Waals surface area contributed by atoms with Crippen LogP contribution in [0.2, 0.25) is 0 Å². The molecule has 1 aromatic rings. The average molecular weight is 558 g/mol. The van der Waals surface area contributed by atoms with Gasteiger partial charge in [-0.1, -0.05) is 64.5 Å². The fourth-order valence-electron chi connectivity index (χ4n) is 5.78. The SMILES string of the molecule is C=C(/C=C\C=C\CC)C1(N(CC)C(=O)C(CS2(=O)(C(CCC)CCC)COC2)NC(=O)c2ccncc2)CC1. The molecule has 7 nitrogen and oxygen atoms in total. The molecule has 0 aromatic carbocycles.